The average Bonchev–Trinajstić information content (AvgIpc) is 2.72. The molecule has 0 saturated carbocycles. The molecule has 2 atom stereocenters. The van der Waals surface area contributed by atoms with E-state index in [9.17, 15) is 40.6 Å². The van der Waals surface area contributed by atoms with Crippen molar-refractivity contribution in [2.75, 3.05) is 19.7 Å². The summed E-state index contributed by atoms with van der Waals surface area (Å²) >= 11 is 5.83. The predicted molar refractivity (Wildman–Crippen MR) is 108 cm³/mol. The maximum atomic E-state index is 14.3. The van der Waals surface area contributed by atoms with E-state index in [1.54, 1.807) is 0 Å². The first kappa shape index (κ1) is 27.8. The van der Waals surface area contributed by atoms with Gasteiger partial charge in [-0.1, -0.05) is 11.6 Å². The molecule has 1 heterocycles. The summed E-state index contributed by atoms with van der Waals surface area (Å²) < 4.78 is 97.6. The van der Waals surface area contributed by atoms with Crippen molar-refractivity contribution >= 4 is 17.6 Å². The van der Waals surface area contributed by atoms with Crippen LogP contribution in [0.2, 0.25) is 5.02 Å². The highest BCUT2D eigenvalue weighted by molar-refractivity contribution is 6.30. The molecule has 0 saturated heterocycles. The van der Waals surface area contributed by atoms with Crippen LogP contribution in [0.25, 0.3) is 0 Å². The quantitative estimate of drug-likeness (QED) is 0.375. The number of halogens is 8. The number of pyridine rings is 1. The maximum Gasteiger partial charge on any atom is 0.416 e. The van der Waals surface area contributed by atoms with Gasteiger partial charge >= 0.3 is 18.3 Å². The molecule has 0 aliphatic heterocycles. The lowest BCUT2D eigenvalue weighted by Crippen LogP contribution is -2.46. The number of ether oxygens (including phenoxy) is 1. The van der Waals surface area contributed by atoms with Crippen LogP contribution in [0.5, 0.6) is 0 Å². The van der Waals surface area contributed by atoms with E-state index in [1.165, 1.54) is 19.1 Å². The lowest BCUT2D eigenvalue weighted by Gasteiger charge is -2.34. The first-order valence-corrected chi connectivity index (χ1v) is 10.2. The number of carbonyl (C=O) groups is 1. The molecular weight excluding hydrogens is 497 g/mol. The molecule has 13 heteroatoms. The number of hydrogen-bond donors (Lipinski definition) is 2. The van der Waals surface area contributed by atoms with Crippen molar-refractivity contribution < 1.29 is 45.4 Å². The molecule has 188 valence electrons. The molecule has 34 heavy (non-hydrogen) atoms. The highest BCUT2D eigenvalue weighted by atomic mass is 35.5. The van der Waals surface area contributed by atoms with Gasteiger partial charge in [-0.25, -0.2) is 4.39 Å². The highest BCUT2D eigenvalue weighted by Crippen LogP contribution is 2.39. The zero-order valence-corrected chi connectivity index (χ0v) is 18.4. The second-order valence-electron chi connectivity index (χ2n) is 7.34. The molecule has 2 aromatic rings. The Morgan fingerprint density at radius 1 is 1.15 bits per heavy atom. The molecule has 2 N–H and O–H groups in total. The molecule has 0 amide bonds. The molecule has 0 aliphatic rings. The third-order valence-corrected chi connectivity index (χ3v) is 5.11. The first-order valence-electron chi connectivity index (χ1n) is 9.80. The minimum Gasteiger partial charge on any atom is -0.466 e. The Morgan fingerprint density at radius 3 is 2.32 bits per heavy atom. The molecule has 5 nitrogen and oxygen atoms in total. The van der Waals surface area contributed by atoms with Crippen LogP contribution >= 0.6 is 11.6 Å². The standard InChI is InChI=1S/C21H20ClF7N2O3/c1-2-34-18(33)8-19(16-4-3-14(22)9-31-16,11-30-10-17(32)21(27,28)29)12-5-13(20(24,25)26)7-15(23)6-12/h3-7,9,17,30,32H,2,8,10-11H2,1H3/t17-,19-/m1/s1. The van der Waals surface area contributed by atoms with E-state index in [1.807, 2.05) is 0 Å². The van der Waals surface area contributed by atoms with Crippen LogP contribution < -0.4 is 5.32 Å². The summed E-state index contributed by atoms with van der Waals surface area (Å²) in [5, 5.41) is 11.7. The van der Waals surface area contributed by atoms with Crippen molar-refractivity contribution in [1.29, 1.82) is 0 Å². The average molecular weight is 517 g/mol. The maximum absolute atomic E-state index is 14.3. The second-order valence-corrected chi connectivity index (χ2v) is 7.78. The van der Waals surface area contributed by atoms with Gasteiger partial charge in [0.15, 0.2) is 6.10 Å². The molecule has 0 radical (unpaired) electrons. The van der Waals surface area contributed by atoms with Crippen molar-refractivity contribution in [2.45, 2.75) is 37.2 Å². The summed E-state index contributed by atoms with van der Waals surface area (Å²) in [6, 6.07) is 4.11. The Balaban J connectivity index is 2.68. The number of carbonyl (C=O) groups excluding carboxylic acids is 1. The van der Waals surface area contributed by atoms with E-state index in [0.717, 1.165) is 12.3 Å². The third kappa shape index (κ3) is 7.03. The van der Waals surface area contributed by atoms with E-state index >= 15 is 0 Å². The van der Waals surface area contributed by atoms with Crippen molar-refractivity contribution in [3.63, 3.8) is 0 Å². The predicted octanol–water partition coefficient (Wildman–Crippen LogP) is 4.65. The number of hydrogen-bond acceptors (Lipinski definition) is 5. The molecule has 0 aliphatic carbocycles. The van der Waals surface area contributed by atoms with Crippen LogP contribution in [0.15, 0.2) is 36.5 Å². The Morgan fingerprint density at radius 2 is 1.79 bits per heavy atom. The van der Waals surface area contributed by atoms with Gasteiger partial charge in [0.2, 0.25) is 0 Å². The largest absolute Gasteiger partial charge is 0.466 e. The van der Waals surface area contributed by atoms with Gasteiger partial charge in [0, 0.05) is 19.3 Å². The van der Waals surface area contributed by atoms with Crippen molar-refractivity contribution in [3.05, 3.63) is 64.2 Å². The number of esters is 1. The van der Waals surface area contributed by atoms with E-state index in [2.05, 4.69) is 10.3 Å². The van der Waals surface area contributed by atoms with Crippen LogP contribution in [-0.4, -0.2) is 48.0 Å². The molecule has 0 spiro atoms. The Bertz CT molecular complexity index is 984. The van der Waals surface area contributed by atoms with Crippen molar-refractivity contribution in [1.82, 2.24) is 10.3 Å². The lowest BCUT2D eigenvalue weighted by molar-refractivity contribution is -0.201. The van der Waals surface area contributed by atoms with Crippen molar-refractivity contribution in [2.24, 2.45) is 0 Å². The number of aromatic nitrogens is 1. The van der Waals surface area contributed by atoms with Crippen LogP contribution in [0.1, 0.15) is 30.2 Å². The summed E-state index contributed by atoms with van der Waals surface area (Å²) in [5.74, 6) is -2.21. The molecule has 0 fully saturated rings. The molecule has 0 bridgehead atoms. The summed E-state index contributed by atoms with van der Waals surface area (Å²) in [6.07, 6.45) is -12.3. The number of nitrogens with one attached hydrogen (secondary N) is 1. The minimum atomic E-state index is -4.97. The number of aliphatic hydroxyl groups is 1. The zero-order valence-electron chi connectivity index (χ0n) is 17.6. The van der Waals surface area contributed by atoms with Crippen LogP contribution in [0.4, 0.5) is 30.7 Å². The van der Waals surface area contributed by atoms with Crippen LogP contribution in [0, 0.1) is 5.82 Å². The SMILES string of the molecule is CCOC(=O)C[C@@](CNC[C@@H](O)C(F)(F)F)(c1cc(F)cc(C(F)(F)F)c1)c1ccc(Cl)cn1. The number of benzene rings is 1. The minimum absolute atomic E-state index is 0.0855. The van der Waals surface area contributed by atoms with E-state index < -0.39 is 66.3 Å². The number of aliphatic hydroxyl groups excluding tert-OH is 1. The summed E-state index contributed by atoms with van der Waals surface area (Å²) in [5.41, 5.74) is -3.76. The van der Waals surface area contributed by atoms with Gasteiger partial charge in [-0.05, 0) is 42.8 Å². The van der Waals surface area contributed by atoms with Gasteiger partial charge in [-0.15, -0.1) is 0 Å². The second kappa shape index (κ2) is 10.9. The molecule has 1 aromatic heterocycles. The van der Waals surface area contributed by atoms with E-state index in [-0.39, 0.29) is 23.4 Å². The van der Waals surface area contributed by atoms with Crippen LogP contribution in [0.3, 0.4) is 0 Å². The monoisotopic (exact) mass is 516 g/mol. The molecular formula is C21H20ClF7N2O3. The summed E-state index contributed by atoms with van der Waals surface area (Å²) in [6.45, 7) is -0.306. The zero-order chi connectivity index (χ0) is 25.7. The first-order chi connectivity index (χ1) is 15.7. The summed E-state index contributed by atoms with van der Waals surface area (Å²) in [7, 11) is 0. The van der Waals surface area contributed by atoms with Crippen LogP contribution in [-0.2, 0) is 21.1 Å². The van der Waals surface area contributed by atoms with Gasteiger partial charge in [0.05, 0.1) is 34.7 Å². The molecule has 0 unspecified atom stereocenters. The fourth-order valence-corrected chi connectivity index (χ4v) is 3.39. The van der Waals surface area contributed by atoms with Gasteiger partial charge in [0.25, 0.3) is 0 Å². The smallest absolute Gasteiger partial charge is 0.416 e. The number of alkyl halides is 6. The van der Waals surface area contributed by atoms with E-state index in [4.69, 9.17) is 16.3 Å². The topological polar surface area (TPSA) is 71.5 Å². The Hall–Kier alpha value is -2.44. The van der Waals surface area contributed by atoms with Gasteiger partial charge < -0.3 is 15.2 Å². The Labute approximate surface area is 194 Å². The molecule has 1 aromatic carbocycles. The van der Waals surface area contributed by atoms with Gasteiger partial charge in [0.1, 0.15) is 5.82 Å². The number of rotatable bonds is 9. The van der Waals surface area contributed by atoms with Gasteiger partial charge in [-0.3, -0.25) is 9.78 Å². The van der Waals surface area contributed by atoms with Gasteiger partial charge in [-0.2, -0.15) is 26.3 Å². The fourth-order valence-electron chi connectivity index (χ4n) is 3.28. The van der Waals surface area contributed by atoms with Crippen molar-refractivity contribution in [3.8, 4) is 0 Å². The summed E-state index contributed by atoms with van der Waals surface area (Å²) in [4.78, 5) is 16.5. The number of nitrogens with zero attached hydrogens (tertiary/aromatic N) is 1. The normalized spacial score (nSPS) is 15.0. The van der Waals surface area contributed by atoms with E-state index in [0.29, 0.717) is 6.07 Å². The molecule has 2 rings (SSSR count). The lowest BCUT2D eigenvalue weighted by atomic mass is 9.73. The highest BCUT2D eigenvalue weighted by Gasteiger charge is 2.43. The fraction of sp³-hybridized carbons (Fsp3) is 0.429. The third-order valence-electron chi connectivity index (χ3n) is 4.89. The Kier molecular flexibility index (Phi) is 8.89.